The molecule has 1 aromatic heterocycles. The predicted molar refractivity (Wildman–Crippen MR) is 127 cm³/mol. The molecule has 2 aliphatic rings. The number of aromatic hydroxyl groups is 1. The number of benzene rings is 2. The third-order valence-corrected chi connectivity index (χ3v) is 6.45. The third-order valence-electron chi connectivity index (χ3n) is 6.45. The van der Waals surface area contributed by atoms with Crippen LogP contribution in [0.1, 0.15) is 41.1 Å². The third kappa shape index (κ3) is 4.03. The number of para-hydroxylation sites is 1. The zero-order valence-electron chi connectivity index (χ0n) is 19.2. The molecule has 1 atom stereocenters. The molecule has 0 radical (unpaired) electrons. The maximum atomic E-state index is 13.6. The van der Waals surface area contributed by atoms with Crippen molar-refractivity contribution in [2.45, 2.75) is 19.4 Å². The van der Waals surface area contributed by atoms with Crippen molar-refractivity contribution < 1.29 is 23.8 Å². The van der Waals surface area contributed by atoms with E-state index in [-0.39, 0.29) is 22.8 Å². The fourth-order valence-corrected chi connectivity index (χ4v) is 4.81. The molecule has 5 rings (SSSR count). The summed E-state index contributed by atoms with van der Waals surface area (Å²) in [5.41, 5.74) is 1.22. The number of carbonyl (C=O) groups is 1. The normalized spacial score (nSPS) is 18.4. The second-order valence-corrected chi connectivity index (χ2v) is 8.54. The second-order valence-electron chi connectivity index (χ2n) is 8.54. The lowest BCUT2D eigenvalue weighted by Crippen LogP contribution is -2.38. The van der Waals surface area contributed by atoms with E-state index in [1.165, 1.54) is 6.07 Å². The van der Waals surface area contributed by atoms with E-state index in [4.69, 9.17) is 13.9 Å². The summed E-state index contributed by atoms with van der Waals surface area (Å²) >= 11 is 0. The Hall–Kier alpha value is -3.36. The summed E-state index contributed by atoms with van der Waals surface area (Å²) in [5.74, 6) is 0.126. The molecule has 0 spiro atoms. The first-order valence-electron chi connectivity index (χ1n) is 11.7. The lowest BCUT2D eigenvalue weighted by atomic mass is 9.98. The molecule has 1 N–H and O–H groups in total. The van der Waals surface area contributed by atoms with Crippen molar-refractivity contribution in [1.29, 1.82) is 0 Å². The maximum Gasteiger partial charge on any atom is 0.290 e. The van der Waals surface area contributed by atoms with Crippen LogP contribution in [0.5, 0.6) is 11.5 Å². The van der Waals surface area contributed by atoms with Gasteiger partial charge in [0.2, 0.25) is 5.76 Å². The highest BCUT2D eigenvalue weighted by Gasteiger charge is 2.42. The lowest BCUT2D eigenvalue weighted by Gasteiger charge is -2.29. The number of fused-ring (bicyclic) bond motifs is 2. The Morgan fingerprint density at radius 3 is 2.68 bits per heavy atom. The van der Waals surface area contributed by atoms with Gasteiger partial charge in [-0.3, -0.25) is 14.5 Å². The summed E-state index contributed by atoms with van der Waals surface area (Å²) < 4.78 is 17.0. The molecule has 0 aliphatic carbocycles. The van der Waals surface area contributed by atoms with Gasteiger partial charge in [0, 0.05) is 26.2 Å². The molecule has 34 heavy (non-hydrogen) atoms. The Kier molecular flexibility index (Phi) is 6.26. The van der Waals surface area contributed by atoms with Gasteiger partial charge in [0.15, 0.2) is 16.9 Å². The standard InChI is InChI=1S/C26H28N2O6/c1-2-33-21-16-17(8-9-19(21)29)23-22-24(30)18-6-3-4-7-20(18)34-25(22)26(31)28(23)11-5-10-27-12-14-32-15-13-27/h3-4,6-9,16,23,29H,2,5,10-15H2,1H3/t23-/m0/s1. The second kappa shape index (κ2) is 9.48. The van der Waals surface area contributed by atoms with E-state index in [2.05, 4.69) is 4.90 Å². The van der Waals surface area contributed by atoms with Gasteiger partial charge >= 0.3 is 0 Å². The van der Waals surface area contributed by atoms with Crippen molar-refractivity contribution >= 4 is 16.9 Å². The van der Waals surface area contributed by atoms with E-state index >= 15 is 0 Å². The monoisotopic (exact) mass is 464 g/mol. The first-order chi connectivity index (χ1) is 16.6. The van der Waals surface area contributed by atoms with E-state index in [0.29, 0.717) is 41.0 Å². The van der Waals surface area contributed by atoms with Crippen LogP contribution in [-0.4, -0.2) is 66.8 Å². The molecule has 3 heterocycles. The number of morpholine rings is 1. The van der Waals surface area contributed by atoms with E-state index in [9.17, 15) is 14.7 Å². The van der Waals surface area contributed by atoms with Gasteiger partial charge in [-0.05, 0) is 43.2 Å². The number of hydrogen-bond donors (Lipinski definition) is 1. The van der Waals surface area contributed by atoms with Crippen molar-refractivity contribution in [3.63, 3.8) is 0 Å². The van der Waals surface area contributed by atoms with Crippen LogP contribution in [0.2, 0.25) is 0 Å². The molecular formula is C26H28N2O6. The van der Waals surface area contributed by atoms with Crippen LogP contribution < -0.4 is 10.2 Å². The molecule has 0 saturated carbocycles. The van der Waals surface area contributed by atoms with Crippen LogP contribution >= 0.6 is 0 Å². The summed E-state index contributed by atoms with van der Waals surface area (Å²) in [5, 5.41) is 10.6. The number of nitrogens with zero attached hydrogens (tertiary/aromatic N) is 2. The topological polar surface area (TPSA) is 92.5 Å². The molecule has 1 saturated heterocycles. The van der Waals surface area contributed by atoms with Crippen molar-refractivity contribution in [2.75, 3.05) is 46.0 Å². The molecular weight excluding hydrogens is 436 g/mol. The zero-order chi connectivity index (χ0) is 23.7. The van der Waals surface area contributed by atoms with Gasteiger partial charge in [-0.15, -0.1) is 0 Å². The Bertz CT molecular complexity index is 1260. The number of phenolic OH excluding ortho intramolecular Hbond substituents is 1. The Morgan fingerprint density at radius 2 is 1.88 bits per heavy atom. The minimum atomic E-state index is -0.618. The first kappa shape index (κ1) is 22.4. The van der Waals surface area contributed by atoms with Crippen LogP contribution in [0, 0.1) is 0 Å². The molecule has 0 unspecified atom stereocenters. The molecule has 2 aromatic carbocycles. The van der Waals surface area contributed by atoms with Crippen molar-refractivity contribution in [2.24, 2.45) is 0 Å². The summed E-state index contributed by atoms with van der Waals surface area (Å²) in [4.78, 5) is 31.1. The van der Waals surface area contributed by atoms with Crippen LogP contribution in [0.4, 0.5) is 0 Å². The average molecular weight is 465 g/mol. The molecule has 178 valence electrons. The number of amides is 1. The van der Waals surface area contributed by atoms with Gasteiger partial charge in [0.05, 0.1) is 36.8 Å². The van der Waals surface area contributed by atoms with Gasteiger partial charge < -0.3 is 23.9 Å². The van der Waals surface area contributed by atoms with E-state index < -0.39 is 6.04 Å². The summed E-state index contributed by atoms with van der Waals surface area (Å²) in [6, 6.07) is 11.3. The van der Waals surface area contributed by atoms with E-state index in [0.717, 1.165) is 39.3 Å². The largest absolute Gasteiger partial charge is 0.504 e. The number of rotatable bonds is 7. The molecule has 0 bridgehead atoms. The number of phenols is 1. The highest BCUT2D eigenvalue weighted by atomic mass is 16.5. The van der Waals surface area contributed by atoms with Crippen LogP contribution in [0.3, 0.4) is 0 Å². The lowest BCUT2D eigenvalue weighted by molar-refractivity contribution is 0.0353. The van der Waals surface area contributed by atoms with Crippen molar-refractivity contribution in [1.82, 2.24) is 9.80 Å². The van der Waals surface area contributed by atoms with Crippen LogP contribution in [0.15, 0.2) is 51.7 Å². The predicted octanol–water partition coefficient (Wildman–Crippen LogP) is 3.16. The highest BCUT2D eigenvalue weighted by Crippen LogP contribution is 2.40. The fraction of sp³-hybridized carbons (Fsp3) is 0.385. The molecule has 1 amide bonds. The Morgan fingerprint density at radius 1 is 1.09 bits per heavy atom. The molecule has 8 heteroatoms. The zero-order valence-corrected chi connectivity index (χ0v) is 19.2. The number of carbonyl (C=O) groups excluding carboxylic acids is 1. The van der Waals surface area contributed by atoms with Crippen molar-refractivity contribution in [3.05, 3.63) is 69.6 Å². The summed E-state index contributed by atoms with van der Waals surface area (Å²) in [6.07, 6.45) is 0.750. The minimum Gasteiger partial charge on any atom is -0.504 e. The Labute approximate surface area is 197 Å². The average Bonchev–Trinajstić information content (AvgIpc) is 3.13. The quantitative estimate of drug-likeness (QED) is 0.574. The van der Waals surface area contributed by atoms with Gasteiger partial charge in [-0.25, -0.2) is 0 Å². The van der Waals surface area contributed by atoms with Gasteiger partial charge in [-0.1, -0.05) is 18.2 Å². The van der Waals surface area contributed by atoms with Crippen LogP contribution in [0.25, 0.3) is 11.0 Å². The van der Waals surface area contributed by atoms with E-state index in [1.54, 1.807) is 41.3 Å². The van der Waals surface area contributed by atoms with Gasteiger partial charge in [0.1, 0.15) is 5.58 Å². The molecule has 8 nitrogen and oxygen atoms in total. The smallest absolute Gasteiger partial charge is 0.290 e. The Balaban J connectivity index is 1.54. The van der Waals surface area contributed by atoms with Gasteiger partial charge in [0.25, 0.3) is 5.91 Å². The summed E-state index contributed by atoms with van der Waals surface area (Å²) in [6.45, 7) is 6.69. The number of hydrogen-bond acceptors (Lipinski definition) is 7. The van der Waals surface area contributed by atoms with Crippen molar-refractivity contribution in [3.8, 4) is 11.5 Å². The first-order valence-corrected chi connectivity index (χ1v) is 11.7. The highest BCUT2D eigenvalue weighted by molar-refractivity contribution is 5.99. The fourth-order valence-electron chi connectivity index (χ4n) is 4.81. The summed E-state index contributed by atoms with van der Waals surface area (Å²) in [7, 11) is 0. The molecule has 2 aliphatic heterocycles. The molecule has 1 fully saturated rings. The molecule has 3 aromatic rings. The maximum absolute atomic E-state index is 13.6. The number of ether oxygens (including phenoxy) is 2. The van der Waals surface area contributed by atoms with Gasteiger partial charge in [-0.2, -0.15) is 0 Å². The van der Waals surface area contributed by atoms with Crippen LogP contribution in [-0.2, 0) is 4.74 Å². The minimum absolute atomic E-state index is 0.0135. The van der Waals surface area contributed by atoms with E-state index in [1.807, 2.05) is 6.92 Å². The SMILES string of the molecule is CCOc1cc([C@H]2c3c(oc4ccccc4c3=O)C(=O)N2CCCN2CCOCC2)ccc1O.